The van der Waals surface area contributed by atoms with Crippen LogP contribution in [0, 0.1) is 5.92 Å². The lowest BCUT2D eigenvalue weighted by Crippen LogP contribution is -2.05. The van der Waals surface area contributed by atoms with Gasteiger partial charge in [0.2, 0.25) is 0 Å². The summed E-state index contributed by atoms with van der Waals surface area (Å²) in [5.74, 6) is 0.464. The first-order valence-electron chi connectivity index (χ1n) is 6.65. The average Bonchev–Trinajstić information content (AvgIpc) is 2.81. The van der Waals surface area contributed by atoms with Crippen molar-refractivity contribution in [2.24, 2.45) is 5.92 Å². The van der Waals surface area contributed by atoms with E-state index in [4.69, 9.17) is 0 Å². The first kappa shape index (κ1) is 11.3. The smallest absolute Gasteiger partial charge is 0.0281 e. The van der Waals surface area contributed by atoms with Crippen LogP contribution in [0.4, 0.5) is 0 Å². The molecule has 90 valence electrons. The van der Waals surface area contributed by atoms with E-state index < -0.39 is 0 Å². The molecule has 0 saturated heterocycles. The van der Waals surface area contributed by atoms with Crippen LogP contribution in [0.2, 0.25) is 0 Å². The molecule has 0 nitrogen and oxygen atoms in total. The second kappa shape index (κ2) is 4.45. The molecule has 2 aliphatic carbocycles. The van der Waals surface area contributed by atoms with Crippen molar-refractivity contribution in [3.8, 4) is 0 Å². The van der Waals surface area contributed by atoms with Crippen LogP contribution in [0.25, 0.3) is 5.57 Å². The fraction of sp³-hybridized carbons (Fsp3) is 0.222. The van der Waals surface area contributed by atoms with Gasteiger partial charge in [0.25, 0.3) is 0 Å². The molecular weight excluding hydrogens is 216 g/mol. The van der Waals surface area contributed by atoms with Gasteiger partial charge >= 0.3 is 0 Å². The maximum atomic E-state index is 2.41. The van der Waals surface area contributed by atoms with Crippen LogP contribution in [0.3, 0.4) is 0 Å². The summed E-state index contributed by atoms with van der Waals surface area (Å²) in [5, 5.41) is 0. The highest BCUT2D eigenvalue weighted by molar-refractivity contribution is 5.78. The van der Waals surface area contributed by atoms with Gasteiger partial charge < -0.3 is 0 Å². The van der Waals surface area contributed by atoms with E-state index in [0.717, 1.165) is 6.42 Å². The van der Waals surface area contributed by atoms with E-state index in [1.54, 1.807) is 0 Å². The molecule has 1 aromatic carbocycles. The maximum absolute atomic E-state index is 2.41. The van der Waals surface area contributed by atoms with E-state index in [2.05, 4.69) is 68.5 Å². The molecule has 0 amide bonds. The van der Waals surface area contributed by atoms with Crippen molar-refractivity contribution in [1.29, 1.82) is 0 Å². The highest BCUT2D eigenvalue weighted by atomic mass is 14.3. The van der Waals surface area contributed by atoms with Gasteiger partial charge in [0, 0.05) is 5.92 Å². The van der Waals surface area contributed by atoms with Gasteiger partial charge in [0.15, 0.2) is 0 Å². The summed E-state index contributed by atoms with van der Waals surface area (Å²) in [4.78, 5) is 0. The Labute approximate surface area is 109 Å². The molecule has 18 heavy (non-hydrogen) atoms. The minimum absolute atomic E-state index is 0.464. The lowest BCUT2D eigenvalue weighted by Gasteiger charge is -2.21. The highest BCUT2D eigenvalue weighted by Gasteiger charge is 2.24. The van der Waals surface area contributed by atoms with E-state index in [0.29, 0.717) is 5.92 Å². The Hall–Kier alpha value is -1.82. The Morgan fingerprint density at radius 2 is 1.78 bits per heavy atom. The van der Waals surface area contributed by atoms with Crippen LogP contribution in [-0.2, 0) is 0 Å². The Kier molecular flexibility index (Phi) is 2.79. The first-order chi connectivity index (χ1) is 8.78. The fourth-order valence-corrected chi connectivity index (χ4v) is 2.82. The number of hydrogen-bond donors (Lipinski definition) is 0. The summed E-state index contributed by atoms with van der Waals surface area (Å²) in [6.45, 7) is 4.41. The van der Waals surface area contributed by atoms with Crippen molar-refractivity contribution >= 4 is 5.57 Å². The number of rotatable bonds is 2. The molecule has 0 aliphatic heterocycles. The van der Waals surface area contributed by atoms with Crippen LogP contribution in [0.1, 0.15) is 25.8 Å². The third-order valence-electron chi connectivity index (χ3n) is 3.72. The topological polar surface area (TPSA) is 0 Å². The fourth-order valence-electron chi connectivity index (χ4n) is 2.82. The van der Waals surface area contributed by atoms with Crippen molar-refractivity contribution in [3.05, 3.63) is 76.9 Å². The van der Waals surface area contributed by atoms with Crippen molar-refractivity contribution in [2.45, 2.75) is 20.3 Å². The van der Waals surface area contributed by atoms with Crippen LogP contribution >= 0.6 is 0 Å². The predicted molar refractivity (Wildman–Crippen MR) is 78.1 cm³/mol. The van der Waals surface area contributed by atoms with Gasteiger partial charge in [-0.05, 0) is 30.1 Å². The van der Waals surface area contributed by atoms with Crippen LogP contribution < -0.4 is 0 Å². The minimum Gasteiger partial charge on any atom is -0.0694 e. The molecule has 1 atom stereocenters. The Morgan fingerprint density at radius 1 is 1.00 bits per heavy atom. The number of allylic oxidation sites excluding steroid dienone is 8. The monoisotopic (exact) mass is 234 g/mol. The summed E-state index contributed by atoms with van der Waals surface area (Å²) in [5.41, 5.74) is 7.04. The number of benzene rings is 1. The summed E-state index contributed by atoms with van der Waals surface area (Å²) in [6, 6.07) is 10.7. The van der Waals surface area contributed by atoms with Crippen LogP contribution in [-0.4, -0.2) is 0 Å². The molecule has 0 N–H and O–H groups in total. The average molecular weight is 234 g/mol. The second-order valence-corrected chi connectivity index (χ2v) is 5.07. The lowest BCUT2D eigenvalue weighted by molar-refractivity contribution is 1.02. The molecular formula is C18H18. The molecule has 0 aromatic heterocycles. The van der Waals surface area contributed by atoms with E-state index in [-0.39, 0.29) is 0 Å². The molecule has 3 rings (SSSR count). The van der Waals surface area contributed by atoms with Gasteiger partial charge in [-0.3, -0.25) is 0 Å². The van der Waals surface area contributed by atoms with Gasteiger partial charge in [-0.2, -0.15) is 0 Å². The predicted octanol–water partition coefficient (Wildman–Crippen LogP) is 4.92. The summed E-state index contributed by atoms with van der Waals surface area (Å²) in [7, 11) is 0. The molecule has 1 unspecified atom stereocenters. The van der Waals surface area contributed by atoms with E-state index >= 15 is 0 Å². The minimum atomic E-state index is 0.464. The molecule has 0 radical (unpaired) electrons. The quantitative estimate of drug-likeness (QED) is 0.681. The zero-order valence-electron chi connectivity index (χ0n) is 11.0. The van der Waals surface area contributed by atoms with E-state index in [1.165, 1.54) is 27.9 Å². The Morgan fingerprint density at radius 3 is 2.50 bits per heavy atom. The second-order valence-electron chi connectivity index (χ2n) is 5.07. The van der Waals surface area contributed by atoms with Gasteiger partial charge in [0.1, 0.15) is 0 Å². The largest absolute Gasteiger partial charge is 0.0694 e. The third-order valence-corrected chi connectivity index (χ3v) is 3.72. The standard InChI is InChI=1S/C18H18/c1-3-14-11-16-9-13(2)10-17(18(16)12-14)15-7-5-4-6-8-15/h4-12,18H,3H2,1-2H3. The van der Waals surface area contributed by atoms with Crippen LogP contribution in [0.15, 0.2) is 71.4 Å². The molecule has 0 spiro atoms. The zero-order valence-corrected chi connectivity index (χ0v) is 11.0. The summed E-state index contributed by atoms with van der Waals surface area (Å²) in [6.07, 6.45) is 10.5. The number of hydrogen-bond acceptors (Lipinski definition) is 0. The zero-order chi connectivity index (χ0) is 12.5. The first-order valence-corrected chi connectivity index (χ1v) is 6.65. The van der Waals surface area contributed by atoms with Crippen molar-refractivity contribution in [2.75, 3.05) is 0 Å². The van der Waals surface area contributed by atoms with Gasteiger partial charge in [-0.25, -0.2) is 0 Å². The van der Waals surface area contributed by atoms with E-state index in [9.17, 15) is 0 Å². The maximum Gasteiger partial charge on any atom is 0.0281 e. The normalized spacial score (nSPS) is 21.8. The molecule has 1 aromatic rings. The molecule has 0 fully saturated rings. The third kappa shape index (κ3) is 1.88. The summed E-state index contributed by atoms with van der Waals surface area (Å²) >= 11 is 0. The van der Waals surface area contributed by atoms with E-state index in [1.807, 2.05) is 0 Å². The molecule has 0 heterocycles. The van der Waals surface area contributed by atoms with Crippen molar-refractivity contribution in [1.82, 2.24) is 0 Å². The highest BCUT2D eigenvalue weighted by Crippen LogP contribution is 2.41. The lowest BCUT2D eigenvalue weighted by atomic mass is 9.83. The van der Waals surface area contributed by atoms with Crippen molar-refractivity contribution in [3.63, 3.8) is 0 Å². The number of fused-ring (bicyclic) bond motifs is 1. The SMILES string of the molecule is CCC1=CC2C(=C1)C=C(C)C=C2c1ccccc1. The molecule has 0 bridgehead atoms. The molecule has 2 aliphatic rings. The van der Waals surface area contributed by atoms with Gasteiger partial charge in [0.05, 0.1) is 0 Å². The van der Waals surface area contributed by atoms with Crippen molar-refractivity contribution < 1.29 is 0 Å². The Balaban J connectivity index is 2.07. The van der Waals surface area contributed by atoms with Gasteiger partial charge in [-0.1, -0.05) is 72.7 Å². The van der Waals surface area contributed by atoms with Crippen LogP contribution in [0.5, 0.6) is 0 Å². The van der Waals surface area contributed by atoms with Gasteiger partial charge in [-0.15, -0.1) is 0 Å². The Bertz CT molecular complexity index is 580. The molecule has 0 saturated carbocycles. The molecule has 0 heteroatoms. The summed E-state index contributed by atoms with van der Waals surface area (Å²) < 4.78 is 0.